The molecule has 0 aromatic carbocycles. The van der Waals surface area contributed by atoms with Crippen molar-refractivity contribution in [3.63, 3.8) is 0 Å². The highest BCUT2D eigenvalue weighted by Gasteiger charge is 2.08. The first-order chi connectivity index (χ1) is 5.79. The van der Waals surface area contributed by atoms with Crippen molar-refractivity contribution in [2.24, 2.45) is 0 Å². The monoisotopic (exact) mass is 161 g/mol. The largest absolute Gasteiger partial charge is 0.375 e. The van der Waals surface area contributed by atoms with E-state index in [2.05, 4.69) is 10.9 Å². The second-order valence-corrected chi connectivity index (χ2v) is 2.46. The van der Waals surface area contributed by atoms with Gasteiger partial charge in [0, 0.05) is 18.9 Å². The Kier molecular flexibility index (Phi) is 2.84. The Morgan fingerprint density at radius 1 is 1.67 bits per heavy atom. The zero-order valence-corrected chi connectivity index (χ0v) is 7.24. The second-order valence-electron chi connectivity index (χ2n) is 2.46. The molecule has 1 aromatic rings. The average Bonchev–Trinajstić information content (AvgIpc) is 2.16. The maximum absolute atomic E-state index is 5.30. The summed E-state index contributed by atoms with van der Waals surface area (Å²) in [5.41, 5.74) is 1.62. The Balaban J connectivity index is 3.07. The number of methoxy groups -OCH3 is 1. The van der Waals surface area contributed by atoms with Crippen LogP contribution in [0.4, 0.5) is 0 Å². The Morgan fingerprint density at radius 2 is 2.42 bits per heavy atom. The highest BCUT2D eigenvalue weighted by atomic mass is 16.5. The molecule has 2 nitrogen and oxygen atoms in total. The topological polar surface area (TPSA) is 22.1 Å². The van der Waals surface area contributed by atoms with Crippen molar-refractivity contribution in [2.45, 2.75) is 13.0 Å². The lowest BCUT2D eigenvalue weighted by Crippen LogP contribution is -2.01. The van der Waals surface area contributed by atoms with E-state index in [9.17, 15) is 0 Å². The molecule has 0 saturated heterocycles. The molecule has 1 rings (SSSR count). The number of pyridine rings is 1. The molecule has 1 aromatic heterocycles. The summed E-state index contributed by atoms with van der Waals surface area (Å²) >= 11 is 0. The minimum Gasteiger partial charge on any atom is -0.375 e. The molecule has 0 saturated carbocycles. The Bertz CT molecular complexity index is 301. The van der Waals surface area contributed by atoms with Crippen LogP contribution in [0.15, 0.2) is 18.3 Å². The van der Waals surface area contributed by atoms with Crippen LogP contribution >= 0.6 is 0 Å². The zero-order valence-electron chi connectivity index (χ0n) is 7.24. The quantitative estimate of drug-likeness (QED) is 0.617. The van der Waals surface area contributed by atoms with Crippen molar-refractivity contribution in [1.29, 1.82) is 0 Å². The predicted molar refractivity (Wildman–Crippen MR) is 47.6 cm³/mol. The van der Waals surface area contributed by atoms with Crippen LogP contribution in [-0.4, -0.2) is 12.1 Å². The van der Waals surface area contributed by atoms with Gasteiger partial charge in [-0.15, -0.1) is 6.42 Å². The van der Waals surface area contributed by atoms with E-state index in [-0.39, 0.29) is 6.10 Å². The van der Waals surface area contributed by atoms with E-state index >= 15 is 0 Å². The van der Waals surface area contributed by atoms with Crippen LogP contribution in [0.5, 0.6) is 0 Å². The molecule has 0 fully saturated rings. The molecule has 0 radical (unpaired) electrons. The first kappa shape index (κ1) is 8.76. The smallest absolute Gasteiger partial charge is 0.0975 e. The van der Waals surface area contributed by atoms with E-state index in [4.69, 9.17) is 11.2 Å². The molecule has 0 aliphatic heterocycles. The lowest BCUT2D eigenvalue weighted by Gasteiger charge is -2.09. The van der Waals surface area contributed by atoms with Gasteiger partial charge >= 0.3 is 0 Å². The molecule has 12 heavy (non-hydrogen) atoms. The van der Waals surface area contributed by atoms with E-state index in [0.717, 1.165) is 11.3 Å². The maximum Gasteiger partial charge on any atom is 0.0975 e. The number of rotatable bonds is 2. The molecular formula is C10H11NO. The van der Waals surface area contributed by atoms with E-state index in [1.54, 1.807) is 13.3 Å². The summed E-state index contributed by atoms with van der Waals surface area (Å²) in [5, 5.41) is 0. The van der Waals surface area contributed by atoms with Gasteiger partial charge in [0.15, 0.2) is 0 Å². The summed E-state index contributed by atoms with van der Waals surface area (Å²) in [6, 6.07) is 3.68. The van der Waals surface area contributed by atoms with Gasteiger partial charge in [-0.3, -0.25) is 4.98 Å². The molecule has 1 heterocycles. The van der Waals surface area contributed by atoms with E-state index in [0.29, 0.717) is 0 Å². The van der Waals surface area contributed by atoms with Crippen molar-refractivity contribution in [2.75, 3.05) is 7.11 Å². The van der Waals surface area contributed by atoms with Crippen molar-refractivity contribution < 1.29 is 4.74 Å². The van der Waals surface area contributed by atoms with Gasteiger partial charge in [-0.2, -0.15) is 0 Å². The molecule has 0 amide bonds. The van der Waals surface area contributed by atoms with Crippen LogP contribution in [0.1, 0.15) is 24.3 Å². The zero-order chi connectivity index (χ0) is 8.97. The fourth-order valence-electron chi connectivity index (χ4n) is 0.975. The Morgan fingerprint density at radius 3 is 3.00 bits per heavy atom. The summed E-state index contributed by atoms with van der Waals surface area (Å²) in [5.74, 6) is 2.57. The molecule has 0 spiro atoms. The molecule has 2 heteroatoms. The number of nitrogens with zero attached hydrogens (tertiary/aromatic N) is 1. The van der Waals surface area contributed by atoms with E-state index in [1.165, 1.54) is 0 Å². The van der Waals surface area contributed by atoms with E-state index in [1.807, 2.05) is 19.1 Å². The SMILES string of the molecule is C#Cc1cccnc1[C@H](C)OC. The third-order valence-electron chi connectivity index (χ3n) is 1.73. The normalized spacial score (nSPS) is 12.1. The first-order valence-corrected chi connectivity index (χ1v) is 3.74. The molecular weight excluding hydrogens is 150 g/mol. The van der Waals surface area contributed by atoms with Gasteiger partial charge in [0.1, 0.15) is 0 Å². The molecule has 0 unspecified atom stereocenters. The van der Waals surface area contributed by atoms with Crippen LogP contribution < -0.4 is 0 Å². The minimum absolute atomic E-state index is 0.0442. The van der Waals surface area contributed by atoms with Gasteiger partial charge in [-0.1, -0.05) is 5.92 Å². The molecule has 62 valence electrons. The second kappa shape index (κ2) is 3.89. The number of terminal acetylenes is 1. The number of ether oxygens (including phenoxy) is 1. The molecule has 0 aliphatic rings. The highest BCUT2D eigenvalue weighted by molar-refractivity contribution is 5.36. The summed E-state index contributed by atoms with van der Waals surface area (Å²) < 4.78 is 5.12. The number of aromatic nitrogens is 1. The van der Waals surface area contributed by atoms with Gasteiger partial charge in [-0.05, 0) is 19.1 Å². The van der Waals surface area contributed by atoms with Crippen LogP contribution in [0.3, 0.4) is 0 Å². The maximum atomic E-state index is 5.30. The molecule has 0 bridgehead atoms. The summed E-state index contributed by atoms with van der Waals surface area (Å²) in [7, 11) is 1.64. The number of hydrogen-bond acceptors (Lipinski definition) is 2. The Labute approximate surface area is 72.6 Å². The summed E-state index contributed by atoms with van der Waals surface area (Å²) in [6.07, 6.45) is 6.97. The van der Waals surface area contributed by atoms with Gasteiger partial charge in [0.05, 0.1) is 11.8 Å². The molecule has 1 atom stereocenters. The standard InChI is InChI=1S/C10H11NO/c1-4-9-6-5-7-11-10(9)8(2)12-3/h1,5-8H,2-3H3/t8-/m0/s1. The summed E-state index contributed by atoms with van der Waals surface area (Å²) in [6.45, 7) is 1.92. The van der Waals surface area contributed by atoms with Gasteiger partial charge in [0.2, 0.25) is 0 Å². The number of hydrogen-bond donors (Lipinski definition) is 0. The van der Waals surface area contributed by atoms with Gasteiger partial charge in [-0.25, -0.2) is 0 Å². The van der Waals surface area contributed by atoms with Crippen LogP contribution in [0.2, 0.25) is 0 Å². The highest BCUT2D eigenvalue weighted by Crippen LogP contribution is 2.16. The van der Waals surface area contributed by atoms with Crippen LogP contribution in [-0.2, 0) is 4.74 Å². The average molecular weight is 161 g/mol. The van der Waals surface area contributed by atoms with Crippen molar-refractivity contribution in [3.05, 3.63) is 29.6 Å². The van der Waals surface area contributed by atoms with Crippen molar-refractivity contribution in [3.8, 4) is 12.3 Å². The predicted octanol–water partition coefficient (Wildman–Crippen LogP) is 1.77. The van der Waals surface area contributed by atoms with Crippen molar-refractivity contribution >= 4 is 0 Å². The van der Waals surface area contributed by atoms with E-state index < -0.39 is 0 Å². The Hall–Kier alpha value is -1.33. The fraction of sp³-hybridized carbons (Fsp3) is 0.300. The minimum atomic E-state index is -0.0442. The molecule has 0 aliphatic carbocycles. The third kappa shape index (κ3) is 1.63. The van der Waals surface area contributed by atoms with Gasteiger partial charge in [0.25, 0.3) is 0 Å². The van der Waals surface area contributed by atoms with Gasteiger partial charge < -0.3 is 4.74 Å². The lowest BCUT2D eigenvalue weighted by atomic mass is 10.1. The third-order valence-corrected chi connectivity index (χ3v) is 1.73. The summed E-state index contributed by atoms with van der Waals surface area (Å²) in [4.78, 5) is 4.15. The van der Waals surface area contributed by atoms with Crippen LogP contribution in [0, 0.1) is 12.3 Å². The lowest BCUT2D eigenvalue weighted by molar-refractivity contribution is 0.116. The van der Waals surface area contributed by atoms with Crippen molar-refractivity contribution in [1.82, 2.24) is 4.98 Å². The fourth-order valence-corrected chi connectivity index (χ4v) is 0.975. The molecule has 0 N–H and O–H groups in total. The van der Waals surface area contributed by atoms with Crippen LogP contribution in [0.25, 0.3) is 0 Å². The first-order valence-electron chi connectivity index (χ1n) is 3.74.